The molecule has 3 aromatic rings. The van der Waals surface area contributed by atoms with Crippen LogP contribution < -0.4 is 26.6 Å². The molecule has 0 saturated carbocycles. The van der Waals surface area contributed by atoms with Gasteiger partial charge in [0.25, 0.3) is 7.37 Å². The first-order valence-corrected chi connectivity index (χ1v) is 14.3. The molecule has 3 aromatic carbocycles. The number of anilines is 1. The lowest BCUT2D eigenvalue weighted by atomic mass is 10.1. The van der Waals surface area contributed by atoms with Crippen LogP contribution in [-0.4, -0.2) is 53.3 Å². The van der Waals surface area contributed by atoms with Crippen molar-refractivity contribution in [3.8, 4) is 0 Å². The van der Waals surface area contributed by atoms with Crippen molar-refractivity contribution >= 4 is 64.7 Å². The Bertz CT molecular complexity index is 1430. The second-order valence-corrected chi connectivity index (χ2v) is 11.6. The Morgan fingerprint density at radius 1 is 0.829 bits per heavy atom. The van der Waals surface area contributed by atoms with Crippen LogP contribution in [-0.2, 0) is 33.1 Å². The molecule has 0 radical (unpaired) electrons. The number of benzene rings is 3. The predicted octanol–water partition coefficient (Wildman–Crippen LogP) is 2.26. The van der Waals surface area contributed by atoms with Gasteiger partial charge in [-0.2, -0.15) is 0 Å². The minimum atomic E-state index is -3.76. The maximum Gasteiger partial charge on any atom is 0.313 e. The topological polar surface area (TPSA) is 168 Å². The number of hydrogen-bond acceptors (Lipinski definition) is 7. The first-order valence-electron chi connectivity index (χ1n) is 12.3. The summed E-state index contributed by atoms with van der Waals surface area (Å²) in [4.78, 5) is 61.7. The number of carboxylic acids is 1. The van der Waals surface area contributed by atoms with Crippen molar-refractivity contribution in [1.29, 1.82) is 0 Å². The fraction of sp³-hybridized carbons (Fsp3) is 0.179. The average Bonchev–Trinajstić information content (AvgIpc) is 2.97. The highest BCUT2D eigenvalue weighted by Gasteiger charge is 2.33. The highest BCUT2D eigenvalue weighted by Crippen LogP contribution is 2.44. The van der Waals surface area contributed by atoms with Crippen molar-refractivity contribution < 1.29 is 38.2 Å². The number of halogens is 1. The number of carboxylic acid groups (broad SMARTS) is 1. The summed E-state index contributed by atoms with van der Waals surface area (Å²) < 4.78 is 19.6. The third-order valence-electron chi connectivity index (χ3n) is 5.73. The maximum atomic E-state index is 14.0. The van der Waals surface area contributed by atoms with Crippen LogP contribution >= 0.6 is 19.0 Å². The number of para-hydroxylation sites is 1. The van der Waals surface area contributed by atoms with Gasteiger partial charge in [0.15, 0.2) is 5.78 Å². The number of rotatable bonds is 12. The van der Waals surface area contributed by atoms with Gasteiger partial charge < -0.3 is 25.6 Å². The highest BCUT2D eigenvalue weighted by atomic mass is 35.5. The lowest BCUT2D eigenvalue weighted by Gasteiger charge is -2.22. The zero-order valence-electron chi connectivity index (χ0n) is 21.8. The van der Waals surface area contributed by atoms with Crippen molar-refractivity contribution in [2.24, 2.45) is 0 Å². The molecule has 0 heterocycles. The summed E-state index contributed by atoms with van der Waals surface area (Å²) in [5, 5.41) is 16.9. The summed E-state index contributed by atoms with van der Waals surface area (Å²) in [5.41, 5.74) is 0.182. The van der Waals surface area contributed by atoms with Gasteiger partial charge in [0.2, 0.25) is 5.91 Å². The van der Waals surface area contributed by atoms with Gasteiger partial charge in [-0.15, -0.1) is 0 Å². The standard InChI is InChI=1S/C28H27ClN3O8P/c1-18(30-27(37)28(38)31-22-15-9-8-14-21(22)29)26(36)32-23(16-25(34)35)24(33)17-40-41(39,19-10-4-2-5-11-19)20-12-6-3-7-13-20/h2-15,18,23H,16-17H2,1H3,(H,30,37)(H,31,38)(H,32,36)(H,34,35)/t18-,23-/m0/s1. The predicted molar refractivity (Wildman–Crippen MR) is 153 cm³/mol. The third kappa shape index (κ3) is 8.59. The summed E-state index contributed by atoms with van der Waals surface area (Å²) in [6.07, 6.45) is -0.803. The van der Waals surface area contributed by atoms with Gasteiger partial charge in [0.1, 0.15) is 18.7 Å². The minimum Gasteiger partial charge on any atom is -0.481 e. The first kappa shape index (κ1) is 31.2. The van der Waals surface area contributed by atoms with Crippen molar-refractivity contribution in [3.63, 3.8) is 0 Å². The van der Waals surface area contributed by atoms with Crippen LogP contribution in [0.3, 0.4) is 0 Å². The number of amides is 3. The van der Waals surface area contributed by atoms with Gasteiger partial charge in [0, 0.05) is 10.6 Å². The Morgan fingerprint density at radius 3 is 1.90 bits per heavy atom. The number of carbonyl (C=O) groups is 5. The van der Waals surface area contributed by atoms with E-state index in [0.717, 1.165) is 0 Å². The van der Waals surface area contributed by atoms with E-state index in [1.54, 1.807) is 72.8 Å². The number of carbonyl (C=O) groups excluding carboxylic acids is 4. The number of nitrogens with one attached hydrogen (secondary N) is 3. The number of hydrogen-bond donors (Lipinski definition) is 4. The molecular formula is C28H27ClN3O8P. The van der Waals surface area contributed by atoms with E-state index in [1.165, 1.54) is 19.1 Å². The van der Waals surface area contributed by atoms with Crippen LogP contribution in [0.5, 0.6) is 0 Å². The van der Waals surface area contributed by atoms with E-state index in [1.807, 2.05) is 0 Å². The normalized spacial score (nSPS) is 12.4. The monoisotopic (exact) mass is 599 g/mol. The smallest absolute Gasteiger partial charge is 0.313 e. The fourth-order valence-corrected chi connectivity index (χ4v) is 5.81. The molecule has 0 saturated heterocycles. The van der Waals surface area contributed by atoms with Crippen LogP contribution in [0.4, 0.5) is 5.69 Å². The first-order chi connectivity index (χ1) is 19.5. The van der Waals surface area contributed by atoms with E-state index in [-0.39, 0.29) is 10.7 Å². The van der Waals surface area contributed by atoms with Crippen LogP contribution in [0, 0.1) is 0 Å². The third-order valence-corrected chi connectivity index (χ3v) is 8.51. The Labute approximate surface area is 240 Å². The van der Waals surface area contributed by atoms with Gasteiger partial charge in [0.05, 0.1) is 17.1 Å². The van der Waals surface area contributed by atoms with E-state index in [0.29, 0.717) is 10.6 Å². The number of aliphatic carboxylic acids is 1. The summed E-state index contributed by atoms with van der Waals surface area (Å²) in [5.74, 6) is -5.44. The van der Waals surface area contributed by atoms with Crippen LogP contribution in [0.1, 0.15) is 13.3 Å². The molecule has 4 N–H and O–H groups in total. The van der Waals surface area contributed by atoms with Crippen LogP contribution in [0.15, 0.2) is 84.9 Å². The number of Topliss-reactive ketones (excluding diaryl/α,β-unsaturated/α-hetero) is 1. The Balaban J connectivity index is 1.67. The highest BCUT2D eigenvalue weighted by molar-refractivity contribution is 7.74. The zero-order valence-corrected chi connectivity index (χ0v) is 23.4. The molecule has 0 aromatic heterocycles. The van der Waals surface area contributed by atoms with Crippen LogP contribution in [0.25, 0.3) is 0 Å². The molecule has 13 heteroatoms. The second kappa shape index (κ2) is 14.4. The van der Waals surface area contributed by atoms with Gasteiger partial charge in [-0.3, -0.25) is 28.5 Å². The largest absolute Gasteiger partial charge is 0.481 e. The second-order valence-electron chi connectivity index (χ2n) is 8.75. The lowest BCUT2D eigenvalue weighted by Crippen LogP contribution is -2.53. The molecule has 0 spiro atoms. The van der Waals surface area contributed by atoms with Gasteiger partial charge in [-0.1, -0.05) is 60.1 Å². The van der Waals surface area contributed by atoms with Gasteiger partial charge in [-0.25, -0.2) is 0 Å². The molecular weight excluding hydrogens is 573 g/mol. The van der Waals surface area contributed by atoms with Crippen molar-refractivity contribution in [2.45, 2.75) is 25.4 Å². The summed E-state index contributed by atoms with van der Waals surface area (Å²) in [7, 11) is -3.76. The van der Waals surface area contributed by atoms with Crippen LogP contribution in [0.2, 0.25) is 5.02 Å². The molecule has 3 rings (SSSR count). The molecule has 0 aliphatic rings. The van der Waals surface area contributed by atoms with E-state index in [2.05, 4.69) is 16.0 Å². The molecule has 0 bridgehead atoms. The Kier molecular flexibility index (Phi) is 10.9. The molecule has 214 valence electrons. The molecule has 3 amide bonds. The zero-order chi connectivity index (χ0) is 30.0. The molecule has 0 fully saturated rings. The Hall–Kier alpha value is -4.31. The summed E-state index contributed by atoms with van der Waals surface area (Å²) in [6.45, 7) is 0.466. The van der Waals surface area contributed by atoms with Gasteiger partial charge in [-0.05, 0) is 43.3 Å². The van der Waals surface area contributed by atoms with Crippen molar-refractivity contribution in [1.82, 2.24) is 10.6 Å². The lowest BCUT2D eigenvalue weighted by molar-refractivity contribution is -0.141. The van der Waals surface area contributed by atoms with E-state index in [9.17, 15) is 33.6 Å². The Morgan fingerprint density at radius 2 is 1.37 bits per heavy atom. The average molecular weight is 600 g/mol. The molecule has 0 unspecified atom stereocenters. The molecule has 0 aliphatic heterocycles. The SMILES string of the molecule is C[C@H](NC(=O)C(=O)Nc1ccccc1Cl)C(=O)N[C@@H](CC(=O)O)C(=O)COP(=O)(c1ccccc1)c1ccccc1. The van der Waals surface area contributed by atoms with Crippen molar-refractivity contribution in [3.05, 3.63) is 90.0 Å². The summed E-state index contributed by atoms with van der Waals surface area (Å²) >= 11 is 5.96. The minimum absolute atomic E-state index is 0.182. The molecule has 2 atom stereocenters. The van der Waals surface area contributed by atoms with Gasteiger partial charge >= 0.3 is 17.8 Å². The summed E-state index contributed by atoms with van der Waals surface area (Å²) in [6, 6.07) is 19.7. The van der Waals surface area contributed by atoms with E-state index < -0.39 is 62.0 Å². The molecule has 41 heavy (non-hydrogen) atoms. The molecule has 0 aliphatic carbocycles. The fourth-order valence-electron chi connectivity index (χ4n) is 3.59. The van der Waals surface area contributed by atoms with E-state index >= 15 is 0 Å². The molecule has 11 nitrogen and oxygen atoms in total. The van der Waals surface area contributed by atoms with Crippen molar-refractivity contribution in [2.75, 3.05) is 11.9 Å². The maximum absolute atomic E-state index is 14.0. The quantitative estimate of drug-likeness (QED) is 0.182. The van der Waals surface area contributed by atoms with E-state index in [4.69, 9.17) is 16.1 Å². The number of ketones is 1.